The minimum absolute atomic E-state index is 0.585. The van der Waals surface area contributed by atoms with Gasteiger partial charge < -0.3 is 10.6 Å². The number of anilines is 4. The number of aryl methyl sites for hydroxylation is 2. The Balaban J connectivity index is 1.49. The lowest BCUT2D eigenvalue weighted by atomic mass is 10.1. The van der Waals surface area contributed by atoms with Gasteiger partial charge in [0.15, 0.2) is 5.82 Å². The van der Waals surface area contributed by atoms with Crippen molar-refractivity contribution in [3.8, 4) is 11.3 Å². The Bertz CT molecular complexity index is 1060. The molecule has 0 radical (unpaired) electrons. The maximum absolute atomic E-state index is 4.42. The topological polar surface area (TPSA) is 75.6 Å². The van der Waals surface area contributed by atoms with E-state index < -0.39 is 0 Å². The Labute approximate surface area is 163 Å². The fourth-order valence-electron chi connectivity index (χ4n) is 2.90. The van der Waals surface area contributed by atoms with Crippen LogP contribution in [0.2, 0.25) is 0 Å². The summed E-state index contributed by atoms with van der Waals surface area (Å²) in [5.74, 6) is 1.26. The Morgan fingerprint density at radius 1 is 0.643 bits per heavy atom. The minimum Gasteiger partial charge on any atom is -0.339 e. The van der Waals surface area contributed by atoms with Crippen molar-refractivity contribution >= 4 is 23.1 Å². The van der Waals surface area contributed by atoms with Gasteiger partial charge in [-0.3, -0.25) is 0 Å². The number of nitrogens with one attached hydrogen (secondary N) is 2. The molecule has 2 N–H and O–H groups in total. The number of hydrogen-bond donors (Lipinski definition) is 2. The third-order valence-corrected chi connectivity index (χ3v) is 4.11. The standard InChI is InChI=1S/C22H20N6/c1-15-13-16(2)24-22(23-15)26-19-10-6-9-18(14-19)25-21-12-11-20(27-28-21)17-7-4-3-5-8-17/h3-14H,1-2H3,(H,25,28)(H,23,24,26). The van der Waals surface area contributed by atoms with E-state index in [0.29, 0.717) is 11.8 Å². The molecule has 6 heteroatoms. The monoisotopic (exact) mass is 368 g/mol. The Kier molecular flexibility index (Phi) is 4.93. The maximum Gasteiger partial charge on any atom is 0.227 e. The molecule has 6 nitrogen and oxygen atoms in total. The van der Waals surface area contributed by atoms with Crippen LogP contribution in [0, 0.1) is 13.8 Å². The van der Waals surface area contributed by atoms with Gasteiger partial charge in [-0.2, -0.15) is 0 Å². The molecule has 0 saturated carbocycles. The number of nitrogens with zero attached hydrogens (tertiary/aromatic N) is 4. The molecular formula is C22H20N6. The summed E-state index contributed by atoms with van der Waals surface area (Å²) >= 11 is 0. The summed E-state index contributed by atoms with van der Waals surface area (Å²) in [7, 11) is 0. The average molecular weight is 368 g/mol. The number of benzene rings is 2. The summed E-state index contributed by atoms with van der Waals surface area (Å²) in [6.45, 7) is 3.91. The maximum atomic E-state index is 4.42. The highest BCUT2D eigenvalue weighted by atomic mass is 15.2. The molecule has 0 amide bonds. The smallest absolute Gasteiger partial charge is 0.227 e. The van der Waals surface area contributed by atoms with Crippen LogP contribution in [0.3, 0.4) is 0 Å². The molecule has 0 fully saturated rings. The van der Waals surface area contributed by atoms with Gasteiger partial charge >= 0.3 is 0 Å². The van der Waals surface area contributed by atoms with E-state index in [2.05, 4.69) is 30.8 Å². The van der Waals surface area contributed by atoms with E-state index >= 15 is 0 Å². The molecule has 0 spiro atoms. The summed E-state index contributed by atoms with van der Waals surface area (Å²) in [6.07, 6.45) is 0. The zero-order valence-electron chi connectivity index (χ0n) is 15.7. The number of aromatic nitrogens is 4. The van der Waals surface area contributed by atoms with Gasteiger partial charge in [-0.25, -0.2) is 9.97 Å². The lowest BCUT2D eigenvalue weighted by Gasteiger charge is -2.10. The van der Waals surface area contributed by atoms with Crippen molar-refractivity contribution in [3.05, 3.63) is 84.2 Å². The van der Waals surface area contributed by atoms with Crippen LogP contribution in [0.25, 0.3) is 11.3 Å². The molecule has 2 heterocycles. The average Bonchev–Trinajstić information content (AvgIpc) is 2.69. The van der Waals surface area contributed by atoms with Crippen LogP contribution >= 0.6 is 0 Å². The van der Waals surface area contributed by atoms with Crippen molar-refractivity contribution in [1.82, 2.24) is 20.2 Å². The molecule has 4 rings (SSSR count). The van der Waals surface area contributed by atoms with Crippen LogP contribution in [0.4, 0.5) is 23.1 Å². The van der Waals surface area contributed by atoms with E-state index in [1.807, 2.05) is 86.6 Å². The molecule has 0 bridgehead atoms. The number of rotatable bonds is 5. The van der Waals surface area contributed by atoms with Gasteiger partial charge in [-0.1, -0.05) is 36.4 Å². The molecule has 0 aliphatic heterocycles. The minimum atomic E-state index is 0.585. The van der Waals surface area contributed by atoms with E-state index in [0.717, 1.165) is 34.0 Å². The van der Waals surface area contributed by atoms with Gasteiger partial charge in [0.2, 0.25) is 5.95 Å². The summed E-state index contributed by atoms with van der Waals surface area (Å²) in [4.78, 5) is 8.83. The highest BCUT2D eigenvalue weighted by Gasteiger charge is 2.04. The molecule has 0 saturated heterocycles. The first kappa shape index (κ1) is 17.6. The fourth-order valence-corrected chi connectivity index (χ4v) is 2.90. The first-order valence-electron chi connectivity index (χ1n) is 9.01. The zero-order valence-corrected chi connectivity index (χ0v) is 15.7. The van der Waals surface area contributed by atoms with Crippen molar-refractivity contribution in [2.45, 2.75) is 13.8 Å². The molecule has 2 aromatic heterocycles. The zero-order chi connectivity index (χ0) is 19.3. The van der Waals surface area contributed by atoms with Crippen LogP contribution in [0.15, 0.2) is 72.8 Å². The van der Waals surface area contributed by atoms with E-state index in [4.69, 9.17) is 0 Å². The molecule has 138 valence electrons. The first-order chi connectivity index (χ1) is 13.7. The van der Waals surface area contributed by atoms with Crippen LogP contribution in [-0.2, 0) is 0 Å². The molecule has 28 heavy (non-hydrogen) atoms. The van der Waals surface area contributed by atoms with Crippen molar-refractivity contribution in [2.24, 2.45) is 0 Å². The summed E-state index contributed by atoms with van der Waals surface area (Å²) < 4.78 is 0. The van der Waals surface area contributed by atoms with Gasteiger partial charge in [0.05, 0.1) is 5.69 Å². The molecule has 0 aliphatic rings. The number of hydrogen-bond acceptors (Lipinski definition) is 6. The molecule has 4 aromatic rings. The van der Waals surface area contributed by atoms with Crippen LogP contribution in [0.1, 0.15) is 11.4 Å². The largest absolute Gasteiger partial charge is 0.339 e. The first-order valence-corrected chi connectivity index (χ1v) is 9.01. The van der Waals surface area contributed by atoms with E-state index in [9.17, 15) is 0 Å². The van der Waals surface area contributed by atoms with Crippen molar-refractivity contribution in [1.29, 1.82) is 0 Å². The SMILES string of the molecule is Cc1cc(C)nc(Nc2cccc(Nc3ccc(-c4ccccc4)nn3)c2)n1. The Morgan fingerprint density at radius 2 is 1.36 bits per heavy atom. The quantitative estimate of drug-likeness (QED) is 0.514. The molecule has 0 aliphatic carbocycles. The molecule has 2 aromatic carbocycles. The van der Waals surface area contributed by atoms with Crippen molar-refractivity contribution in [2.75, 3.05) is 10.6 Å². The predicted octanol–water partition coefficient (Wildman–Crippen LogP) is 5.04. The Hall–Kier alpha value is -3.80. The van der Waals surface area contributed by atoms with Gasteiger partial charge in [-0.05, 0) is 50.2 Å². The van der Waals surface area contributed by atoms with E-state index in [1.54, 1.807) is 0 Å². The molecular weight excluding hydrogens is 348 g/mol. The second-order valence-electron chi connectivity index (χ2n) is 6.47. The summed E-state index contributed by atoms with van der Waals surface area (Å²) in [5.41, 5.74) is 5.53. The third-order valence-electron chi connectivity index (χ3n) is 4.11. The Morgan fingerprint density at radius 3 is 2.04 bits per heavy atom. The van der Waals surface area contributed by atoms with Crippen LogP contribution < -0.4 is 10.6 Å². The van der Waals surface area contributed by atoms with Gasteiger partial charge in [0, 0.05) is 28.3 Å². The second kappa shape index (κ2) is 7.84. The van der Waals surface area contributed by atoms with Gasteiger partial charge in [0.1, 0.15) is 0 Å². The third kappa shape index (κ3) is 4.29. The second-order valence-corrected chi connectivity index (χ2v) is 6.47. The van der Waals surface area contributed by atoms with E-state index in [1.165, 1.54) is 0 Å². The highest BCUT2D eigenvalue weighted by Crippen LogP contribution is 2.22. The lowest BCUT2D eigenvalue weighted by molar-refractivity contribution is 1.04. The predicted molar refractivity (Wildman–Crippen MR) is 112 cm³/mol. The van der Waals surface area contributed by atoms with E-state index in [-0.39, 0.29) is 0 Å². The van der Waals surface area contributed by atoms with Gasteiger partial charge in [0.25, 0.3) is 0 Å². The van der Waals surface area contributed by atoms with Crippen LogP contribution in [0.5, 0.6) is 0 Å². The van der Waals surface area contributed by atoms with Gasteiger partial charge in [-0.15, -0.1) is 10.2 Å². The highest BCUT2D eigenvalue weighted by molar-refractivity contribution is 5.66. The molecule has 0 atom stereocenters. The van der Waals surface area contributed by atoms with Crippen molar-refractivity contribution < 1.29 is 0 Å². The fraction of sp³-hybridized carbons (Fsp3) is 0.0909. The summed E-state index contributed by atoms with van der Waals surface area (Å²) in [5, 5.41) is 15.1. The van der Waals surface area contributed by atoms with Crippen molar-refractivity contribution in [3.63, 3.8) is 0 Å². The molecule has 0 unspecified atom stereocenters. The lowest BCUT2D eigenvalue weighted by Crippen LogP contribution is -2.01. The normalized spacial score (nSPS) is 10.5. The summed E-state index contributed by atoms with van der Waals surface area (Å²) in [6, 6.07) is 23.7. The van der Waals surface area contributed by atoms with Crippen LogP contribution in [-0.4, -0.2) is 20.2 Å².